The number of carbonyl (C=O) groups is 1. The van der Waals surface area contributed by atoms with Crippen LogP contribution in [0.5, 0.6) is 0 Å². The molecule has 0 radical (unpaired) electrons. The van der Waals surface area contributed by atoms with Crippen LogP contribution in [0.25, 0.3) is 0 Å². The molecule has 0 aliphatic carbocycles. The van der Waals surface area contributed by atoms with Crippen molar-refractivity contribution in [3.05, 3.63) is 34.1 Å². The van der Waals surface area contributed by atoms with E-state index in [9.17, 15) is 22.4 Å². The molecule has 0 aliphatic rings. The summed E-state index contributed by atoms with van der Waals surface area (Å²) < 4.78 is 49.4. The highest BCUT2D eigenvalue weighted by atomic mass is 35.5. The molecule has 1 aromatic carbocycles. The van der Waals surface area contributed by atoms with Crippen LogP contribution in [0.4, 0.5) is 17.6 Å². The van der Waals surface area contributed by atoms with E-state index >= 15 is 0 Å². The van der Waals surface area contributed by atoms with Gasteiger partial charge in [-0.2, -0.15) is 13.2 Å². The normalized spacial score (nSPS) is 10.8. The number of hydrogen-bond donors (Lipinski definition) is 1. The first kappa shape index (κ1) is 15.0. The summed E-state index contributed by atoms with van der Waals surface area (Å²) >= 11 is 5.13. The van der Waals surface area contributed by atoms with E-state index < -0.39 is 34.1 Å². The van der Waals surface area contributed by atoms with E-state index in [1.165, 1.54) is 0 Å². The maximum Gasteiger partial charge on any atom is 0.416 e. The minimum atomic E-state index is -4.76. The zero-order valence-electron chi connectivity index (χ0n) is 7.31. The van der Waals surface area contributed by atoms with Crippen LogP contribution in [0.1, 0.15) is 15.9 Å². The molecule has 0 saturated carbocycles. The maximum atomic E-state index is 12.9. The van der Waals surface area contributed by atoms with Gasteiger partial charge in [0.05, 0.1) is 16.1 Å². The van der Waals surface area contributed by atoms with Gasteiger partial charge in [-0.15, -0.1) is 12.4 Å². The third kappa shape index (κ3) is 2.99. The standard InChI is InChI=1S/C8H3ClF4O2.ClH/c9-5-2-3(8(11,12)13)1-4(6(5)10)7(14)15;/h1-2H,(H,14,15);1H. The molecule has 1 aromatic rings. The summed E-state index contributed by atoms with van der Waals surface area (Å²) in [5.41, 5.74) is -2.40. The van der Waals surface area contributed by atoms with Gasteiger partial charge >= 0.3 is 12.1 Å². The Labute approximate surface area is 98.2 Å². The third-order valence-electron chi connectivity index (χ3n) is 1.59. The smallest absolute Gasteiger partial charge is 0.416 e. The lowest BCUT2D eigenvalue weighted by Crippen LogP contribution is -2.09. The average molecular weight is 279 g/mol. The minimum absolute atomic E-state index is 0. The van der Waals surface area contributed by atoms with Gasteiger partial charge in [-0.25, -0.2) is 9.18 Å². The Morgan fingerprint density at radius 3 is 2.19 bits per heavy atom. The molecule has 2 nitrogen and oxygen atoms in total. The highest BCUT2D eigenvalue weighted by Crippen LogP contribution is 2.33. The lowest BCUT2D eigenvalue weighted by Gasteiger charge is -2.08. The first-order chi connectivity index (χ1) is 6.73. The van der Waals surface area contributed by atoms with Crippen molar-refractivity contribution in [3.63, 3.8) is 0 Å². The molecular weight excluding hydrogens is 275 g/mol. The topological polar surface area (TPSA) is 37.3 Å². The molecule has 16 heavy (non-hydrogen) atoms. The summed E-state index contributed by atoms with van der Waals surface area (Å²) in [4.78, 5) is 10.4. The van der Waals surface area contributed by atoms with Crippen molar-refractivity contribution in [1.82, 2.24) is 0 Å². The van der Waals surface area contributed by atoms with Crippen molar-refractivity contribution in [2.24, 2.45) is 0 Å². The first-order valence-corrected chi connectivity index (χ1v) is 3.91. The van der Waals surface area contributed by atoms with Crippen LogP contribution in [-0.2, 0) is 6.18 Å². The van der Waals surface area contributed by atoms with Crippen LogP contribution >= 0.6 is 24.0 Å². The van der Waals surface area contributed by atoms with Gasteiger partial charge < -0.3 is 5.11 Å². The molecule has 0 unspecified atom stereocenters. The monoisotopic (exact) mass is 278 g/mol. The van der Waals surface area contributed by atoms with Crippen LogP contribution in [0.15, 0.2) is 12.1 Å². The van der Waals surface area contributed by atoms with E-state index in [1.54, 1.807) is 0 Å². The zero-order chi connectivity index (χ0) is 11.8. The Hall–Kier alpha value is -1.01. The van der Waals surface area contributed by atoms with Gasteiger partial charge in [0, 0.05) is 0 Å². The predicted octanol–water partition coefficient (Wildman–Crippen LogP) is 3.62. The molecule has 0 saturated heterocycles. The van der Waals surface area contributed by atoms with E-state index in [1.807, 2.05) is 0 Å². The van der Waals surface area contributed by atoms with Gasteiger partial charge in [0.25, 0.3) is 0 Å². The van der Waals surface area contributed by atoms with Crippen molar-refractivity contribution in [1.29, 1.82) is 0 Å². The largest absolute Gasteiger partial charge is 0.478 e. The second-order valence-corrected chi connectivity index (χ2v) is 3.03. The molecule has 0 aliphatic heterocycles. The molecule has 0 heterocycles. The van der Waals surface area contributed by atoms with Crippen molar-refractivity contribution in [2.75, 3.05) is 0 Å². The number of alkyl halides is 3. The molecule has 1 N–H and O–H groups in total. The Morgan fingerprint density at radius 2 is 1.81 bits per heavy atom. The van der Waals surface area contributed by atoms with E-state index in [-0.39, 0.29) is 18.5 Å². The fourth-order valence-electron chi connectivity index (χ4n) is 0.908. The van der Waals surface area contributed by atoms with Gasteiger partial charge in [-0.3, -0.25) is 0 Å². The molecule has 0 atom stereocenters. The van der Waals surface area contributed by atoms with Gasteiger partial charge in [0.1, 0.15) is 0 Å². The zero-order valence-corrected chi connectivity index (χ0v) is 8.88. The molecular formula is C8H4Cl2F4O2. The molecule has 0 fully saturated rings. The van der Waals surface area contributed by atoms with Crippen LogP contribution in [0, 0.1) is 5.82 Å². The van der Waals surface area contributed by atoms with E-state index in [0.29, 0.717) is 6.07 Å². The SMILES string of the molecule is Cl.O=C(O)c1cc(C(F)(F)F)cc(Cl)c1F. The molecule has 0 aromatic heterocycles. The first-order valence-electron chi connectivity index (χ1n) is 3.53. The number of benzene rings is 1. The van der Waals surface area contributed by atoms with Crippen molar-refractivity contribution < 1.29 is 27.5 Å². The minimum Gasteiger partial charge on any atom is -0.478 e. The summed E-state index contributed by atoms with van der Waals surface area (Å²) in [7, 11) is 0. The van der Waals surface area contributed by atoms with Gasteiger partial charge in [0.2, 0.25) is 0 Å². The Kier molecular flexibility index (Phi) is 4.57. The Morgan fingerprint density at radius 1 is 1.31 bits per heavy atom. The van der Waals surface area contributed by atoms with Gasteiger partial charge in [-0.1, -0.05) is 11.6 Å². The average Bonchev–Trinajstić information content (AvgIpc) is 2.06. The van der Waals surface area contributed by atoms with Crippen LogP contribution in [-0.4, -0.2) is 11.1 Å². The molecule has 1 rings (SSSR count). The number of carboxylic acids is 1. The van der Waals surface area contributed by atoms with Crippen LogP contribution < -0.4 is 0 Å². The van der Waals surface area contributed by atoms with Crippen molar-refractivity contribution in [3.8, 4) is 0 Å². The summed E-state index contributed by atoms with van der Waals surface area (Å²) in [6.07, 6.45) is -4.76. The number of hydrogen-bond acceptors (Lipinski definition) is 1. The molecule has 0 spiro atoms. The highest BCUT2D eigenvalue weighted by Gasteiger charge is 2.33. The molecule has 8 heteroatoms. The van der Waals surface area contributed by atoms with E-state index in [2.05, 4.69) is 0 Å². The summed E-state index contributed by atoms with van der Waals surface area (Å²) in [5, 5.41) is 7.54. The quantitative estimate of drug-likeness (QED) is 0.797. The van der Waals surface area contributed by atoms with Gasteiger partial charge in [-0.05, 0) is 12.1 Å². The Balaban J connectivity index is 0.00000225. The highest BCUT2D eigenvalue weighted by molar-refractivity contribution is 6.31. The van der Waals surface area contributed by atoms with Gasteiger partial charge in [0.15, 0.2) is 5.82 Å². The fourth-order valence-corrected chi connectivity index (χ4v) is 1.13. The number of halogens is 6. The maximum absolute atomic E-state index is 12.9. The molecule has 0 bridgehead atoms. The second kappa shape index (κ2) is 4.88. The van der Waals surface area contributed by atoms with Crippen LogP contribution in [0.3, 0.4) is 0 Å². The Bertz CT molecular complexity index is 417. The number of aromatic carboxylic acids is 1. The predicted molar refractivity (Wildman–Crippen MR) is 50.6 cm³/mol. The van der Waals surface area contributed by atoms with Crippen LogP contribution in [0.2, 0.25) is 5.02 Å². The lowest BCUT2D eigenvalue weighted by molar-refractivity contribution is -0.137. The third-order valence-corrected chi connectivity index (χ3v) is 1.86. The van der Waals surface area contributed by atoms with E-state index in [4.69, 9.17) is 16.7 Å². The van der Waals surface area contributed by atoms with E-state index in [0.717, 1.165) is 0 Å². The van der Waals surface area contributed by atoms with Crippen molar-refractivity contribution in [2.45, 2.75) is 6.18 Å². The summed E-state index contributed by atoms with van der Waals surface area (Å²) in [6, 6.07) is 0.535. The second-order valence-electron chi connectivity index (χ2n) is 2.62. The summed E-state index contributed by atoms with van der Waals surface area (Å²) in [6.45, 7) is 0. The van der Waals surface area contributed by atoms with Crippen molar-refractivity contribution >= 4 is 30.0 Å². The molecule has 90 valence electrons. The lowest BCUT2D eigenvalue weighted by atomic mass is 10.1. The molecule has 0 amide bonds. The number of rotatable bonds is 1. The summed E-state index contributed by atoms with van der Waals surface area (Å²) in [5.74, 6) is -3.18. The number of carboxylic acid groups (broad SMARTS) is 1. The fraction of sp³-hybridized carbons (Fsp3) is 0.125.